The molecule has 0 atom stereocenters. The Balaban J connectivity index is 1.93. The third-order valence-corrected chi connectivity index (χ3v) is 9.05. The molecular weight excluding hydrogens is 388 g/mol. The minimum Gasteiger partial charge on any atom is -0.518 e. The molecule has 0 unspecified atom stereocenters. The van der Waals surface area contributed by atoms with Crippen molar-refractivity contribution in [1.82, 2.24) is 0 Å². The third kappa shape index (κ3) is 6.97. The molecule has 3 aromatic carbocycles. The van der Waals surface area contributed by atoms with E-state index in [1.165, 1.54) is 16.7 Å². The van der Waals surface area contributed by atoms with Crippen molar-refractivity contribution >= 4 is 14.3 Å². The van der Waals surface area contributed by atoms with Crippen molar-refractivity contribution < 1.29 is 14.3 Å². The Morgan fingerprint density at radius 3 is 1.43 bits per heavy atom. The van der Waals surface area contributed by atoms with E-state index in [0.29, 0.717) is 19.3 Å². The van der Waals surface area contributed by atoms with Crippen LogP contribution in [0.1, 0.15) is 36.0 Å². The Kier molecular flexibility index (Phi) is 8.42. The molecule has 0 fully saturated rings. The van der Waals surface area contributed by atoms with Crippen LogP contribution in [0.5, 0.6) is 0 Å². The number of hydrogen-bond acceptors (Lipinski definition) is 3. The number of hydrogen-bond donors (Lipinski definition) is 1. The van der Waals surface area contributed by atoms with E-state index in [0.717, 1.165) is 18.1 Å². The predicted molar refractivity (Wildman–Crippen MR) is 123 cm³/mol. The summed E-state index contributed by atoms with van der Waals surface area (Å²) in [4.78, 5) is 12.8. The van der Waals surface area contributed by atoms with E-state index >= 15 is 0 Å². The molecule has 1 N–H and O–H groups in total. The van der Waals surface area contributed by atoms with Gasteiger partial charge >= 0.3 is 0 Å². The molecule has 3 nitrogen and oxygen atoms in total. The molecule has 0 saturated heterocycles. The largest absolute Gasteiger partial charge is 0.518 e. The number of carbonyl (C=O) groups excluding carboxylic acids is 1. The Hall–Kier alpha value is -2.69. The van der Waals surface area contributed by atoms with Crippen molar-refractivity contribution in [3.63, 3.8) is 0 Å². The quantitative estimate of drug-likeness (QED) is 0.353. The van der Waals surface area contributed by atoms with Crippen LogP contribution < -0.4 is 0 Å². The molecule has 0 bridgehead atoms. The summed E-state index contributed by atoms with van der Waals surface area (Å²) in [5, 5.41) is 9.05. The van der Waals surface area contributed by atoms with Crippen molar-refractivity contribution in [3.8, 4) is 0 Å². The van der Waals surface area contributed by atoms with Crippen LogP contribution in [0.25, 0.3) is 0 Å². The second kappa shape index (κ2) is 11.5. The molecule has 0 aliphatic heterocycles. The zero-order valence-corrected chi connectivity index (χ0v) is 18.4. The summed E-state index contributed by atoms with van der Waals surface area (Å²) in [7, 11) is -2.55. The molecule has 0 aliphatic rings. The zero-order valence-electron chi connectivity index (χ0n) is 17.4. The molecule has 0 aliphatic carbocycles. The normalized spacial score (nSPS) is 11.2. The Morgan fingerprint density at radius 2 is 1.07 bits per heavy atom. The minimum absolute atomic E-state index is 0.105. The van der Waals surface area contributed by atoms with Crippen LogP contribution in [0.2, 0.25) is 0 Å². The maximum Gasteiger partial charge on any atom is 0.292 e. The Labute approximate surface area is 180 Å². The third-order valence-electron chi connectivity index (χ3n) is 5.23. The molecule has 4 heteroatoms. The fourth-order valence-electron chi connectivity index (χ4n) is 3.87. The van der Waals surface area contributed by atoms with Gasteiger partial charge in [-0.05, 0) is 29.5 Å². The molecule has 0 heterocycles. The molecule has 0 amide bonds. The molecule has 0 radical (unpaired) electrons. The van der Waals surface area contributed by atoms with Gasteiger partial charge in [0.1, 0.15) is 0 Å². The lowest BCUT2D eigenvalue weighted by molar-refractivity contribution is -0.135. The lowest BCUT2D eigenvalue weighted by Gasteiger charge is -2.32. The maximum absolute atomic E-state index is 12.8. The summed E-state index contributed by atoms with van der Waals surface area (Å²) < 4.78 is 6.41. The second-order valence-corrected chi connectivity index (χ2v) is 11.5. The first-order valence-corrected chi connectivity index (χ1v) is 13.2. The van der Waals surface area contributed by atoms with Crippen LogP contribution in [0.3, 0.4) is 0 Å². The van der Waals surface area contributed by atoms with Gasteiger partial charge in [0.2, 0.25) is 0 Å². The summed E-state index contributed by atoms with van der Waals surface area (Å²) >= 11 is 0. The highest BCUT2D eigenvalue weighted by atomic mass is 28.4. The second-order valence-electron chi connectivity index (χ2n) is 7.82. The average Bonchev–Trinajstić information content (AvgIpc) is 2.76. The lowest BCUT2D eigenvalue weighted by Crippen LogP contribution is -2.49. The van der Waals surface area contributed by atoms with Gasteiger partial charge in [0, 0.05) is 31.2 Å². The van der Waals surface area contributed by atoms with Crippen molar-refractivity contribution in [2.45, 2.75) is 37.4 Å². The topological polar surface area (TPSA) is 46.5 Å². The van der Waals surface area contributed by atoms with Gasteiger partial charge in [0.25, 0.3) is 14.3 Å². The van der Waals surface area contributed by atoms with E-state index in [-0.39, 0.29) is 12.6 Å². The monoisotopic (exact) mass is 418 g/mol. The van der Waals surface area contributed by atoms with Gasteiger partial charge in [-0.1, -0.05) is 91.0 Å². The number of carbonyl (C=O) groups is 1. The summed E-state index contributed by atoms with van der Waals surface area (Å²) in [5.41, 5.74) is 3.62. The maximum atomic E-state index is 12.8. The summed E-state index contributed by atoms with van der Waals surface area (Å²) in [6.45, 7) is 0.105. The van der Waals surface area contributed by atoms with Crippen LogP contribution >= 0.6 is 0 Å². The predicted octanol–water partition coefficient (Wildman–Crippen LogP) is 4.98. The van der Waals surface area contributed by atoms with Gasteiger partial charge in [-0.25, -0.2) is 0 Å². The number of benzene rings is 3. The molecule has 0 spiro atoms. The summed E-state index contributed by atoms with van der Waals surface area (Å²) in [6.07, 6.45) is 1.63. The van der Waals surface area contributed by atoms with Gasteiger partial charge in [-0.2, -0.15) is 0 Å². The van der Waals surface area contributed by atoms with Gasteiger partial charge in [-0.15, -0.1) is 0 Å². The molecular formula is C26H30O3Si. The molecule has 0 aromatic heterocycles. The number of rotatable bonds is 11. The van der Waals surface area contributed by atoms with Crippen LogP contribution in [0.4, 0.5) is 0 Å². The smallest absolute Gasteiger partial charge is 0.292 e. The van der Waals surface area contributed by atoms with E-state index < -0.39 is 8.32 Å². The van der Waals surface area contributed by atoms with Crippen LogP contribution in [0, 0.1) is 0 Å². The molecule has 30 heavy (non-hydrogen) atoms. The SMILES string of the molecule is O=C(CCCCO)O[Si](Cc1ccccc1)(Cc1ccccc1)Cc1ccccc1. The van der Waals surface area contributed by atoms with E-state index in [1.807, 2.05) is 54.6 Å². The summed E-state index contributed by atoms with van der Waals surface area (Å²) in [5.74, 6) is -0.141. The van der Waals surface area contributed by atoms with Gasteiger partial charge in [-0.3, -0.25) is 4.79 Å². The average molecular weight is 419 g/mol. The van der Waals surface area contributed by atoms with Crippen molar-refractivity contribution in [1.29, 1.82) is 0 Å². The highest BCUT2D eigenvalue weighted by Crippen LogP contribution is 2.25. The number of aliphatic hydroxyl groups excluding tert-OH is 1. The lowest BCUT2D eigenvalue weighted by atomic mass is 10.2. The van der Waals surface area contributed by atoms with E-state index in [4.69, 9.17) is 9.53 Å². The van der Waals surface area contributed by atoms with Crippen LogP contribution in [-0.2, 0) is 27.4 Å². The van der Waals surface area contributed by atoms with Crippen molar-refractivity contribution in [2.75, 3.05) is 6.61 Å². The van der Waals surface area contributed by atoms with Gasteiger partial charge < -0.3 is 9.53 Å². The van der Waals surface area contributed by atoms with Crippen molar-refractivity contribution in [3.05, 3.63) is 108 Å². The zero-order chi connectivity index (χ0) is 21.1. The highest BCUT2D eigenvalue weighted by molar-refractivity contribution is 6.73. The van der Waals surface area contributed by atoms with E-state index in [9.17, 15) is 4.79 Å². The molecule has 156 valence electrons. The first kappa shape index (κ1) is 22.0. The van der Waals surface area contributed by atoms with Gasteiger partial charge in [0.15, 0.2) is 0 Å². The first-order valence-electron chi connectivity index (χ1n) is 10.6. The van der Waals surface area contributed by atoms with E-state index in [2.05, 4.69) is 36.4 Å². The fraction of sp³-hybridized carbons (Fsp3) is 0.269. The molecule has 3 rings (SSSR count). The van der Waals surface area contributed by atoms with Crippen molar-refractivity contribution in [2.24, 2.45) is 0 Å². The Bertz CT molecular complexity index is 781. The number of unbranched alkanes of at least 4 members (excludes halogenated alkanes) is 1. The standard InChI is InChI=1S/C26H30O3Si/c27-19-11-10-18-26(28)29-30(20-23-12-4-1-5-13-23,21-24-14-6-2-7-15-24)22-25-16-8-3-9-17-25/h1-9,12-17,27H,10-11,18-22H2. The van der Waals surface area contributed by atoms with Crippen LogP contribution in [-0.4, -0.2) is 26.0 Å². The summed E-state index contributed by atoms with van der Waals surface area (Å²) in [6, 6.07) is 33.4. The fourth-order valence-corrected chi connectivity index (χ4v) is 7.99. The highest BCUT2D eigenvalue weighted by Gasteiger charge is 2.39. The Morgan fingerprint density at radius 1 is 0.667 bits per heavy atom. The molecule has 0 saturated carbocycles. The number of aliphatic hydroxyl groups is 1. The van der Waals surface area contributed by atoms with Gasteiger partial charge in [0.05, 0.1) is 0 Å². The first-order chi connectivity index (χ1) is 14.7. The van der Waals surface area contributed by atoms with Crippen LogP contribution in [0.15, 0.2) is 91.0 Å². The van der Waals surface area contributed by atoms with E-state index in [1.54, 1.807) is 0 Å². The molecule has 3 aromatic rings. The minimum atomic E-state index is -2.55.